The van der Waals surface area contributed by atoms with Gasteiger partial charge >= 0.3 is 0 Å². The van der Waals surface area contributed by atoms with E-state index in [9.17, 15) is 9.59 Å². The molecule has 5 nitrogen and oxygen atoms in total. The van der Waals surface area contributed by atoms with Crippen LogP contribution in [-0.2, 0) is 4.79 Å². The molecule has 26 heavy (non-hydrogen) atoms. The first kappa shape index (κ1) is 18.7. The summed E-state index contributed by atoms with van der Waals surface area (Å²) in [4.78, 5) is 29.1. The SMILES string of the molecule is Cc1cc(C(=O)N2CCN(C(=O)C3CCCC3)CC2)ccc1OC(C)C. The van der Waals surface area contributed by atoms with E-state index in [1.54, 1.807) is 0 Å². The lowest BCUT2D eigenvalue weighted by molar-refractivity contribution is -0.136. The number of carbonyl (C=O) groups is 2. The van der Waals surface area contributed by atoms with Crippen molar-refractivity contribution >= 4 is 11.8 Å². The van der Waals surface area contributed by atoms with Gasteiger partial charge in [0.15, 0.2) is 0 Å². The van der Waals surface area contributed by atoms with E-state index in [1.165, 1.54) is 12.8 Å². The summed E-state index contributed by atoms with van der Waals surface area (Å²) in [5.41, 5.74) is 1.66. The van der Waals surface area contributed by atoms with Crippen LogP contribution in [-0.4, -0.2) is 53.9 Å². The van der Waals surface area contributed by atoms with Gasteiger partial charge in [0.1, 0.15) is 5.75 Å². The molecule has 1 heterocycles. The number of ether oxygens (including phenoxy) is 1. The molecule has 0 atom stereocenters. The van der Waals surface area contributed by atoms with Crippen molar-refractivity contribution in [1.82, 2.24) is 9.80 Å². The van der Waals surface area contributed by atoms with Crippen LogP contribution in [0.15, 0.2) is 18.2 Å². The Morgan fingerprint density at radius 2 is 1.65 bits per heavy atom. The van der Waals surface area contributed by atoms with Gasteiger partial charge in [-0.3, -0.25) is 9.59 Å². The number of benzene rings is 1. The molecule has 3 rings (SSSR count). The Hall–Kier alpha value is -2.04. The summed E-state index contributed by atoms with van der Waals surface area (Å²) in [6.07, 6.45) is 4.51. The first-order valence-electron chi connectivity index (χ1n) is 9.81. The molecule has 1 aliphatic carbocycles. The van der Waals surface area contributed by atoms with E-state index >= 15 is 0 Å². The largest absolute Gasteiger partial charge is 0.491 e. The third-order valence-corrected chi connectivity index (χ3v) is 5.37. The number of piperazine rings is 1. The highest BCUT2D eigenvalue weighted by atomic mass is 16.5. The number of hydrogen-bond donors (Lipinski definition) is 0. The van der Waals surface area contributed by atoms with Gasteiger partial charge in [-0.1, -0.05) is 12.8 Å². The van der Waals surface area contributed by atoms with Crippen LogP contribution >= 0.6 is 0 Å². The zero-order chi connectivity index (χ0) is 18.7. The minimum Gasteiger partial charge on any atom is -0.491 e. The van der Waals surface area contributed by atoms with E-state index in [0.29, 0.717) is 37.6 Å². The Bertz CT molecular complexity index is 657. The summed E-state index contributed by atoms with van der Waals surface area (Å²) >= 11 is 0. The zero-order valence-corrected chi connectivity index (χ0v) is 16.2. The van der Waals surface area contributed by atoms with Crippen molar-refractivity contribution in [2.45, 2.75) is 52.6 Å². The van der Waals surface area contributed by atoms with Crippen LogP contribution in [0.25, 0.3) is 0 Å². The standard InChI is InChI=1S/C21H30N2O3/c1-15(2)26-19-9-8-18(14-16(19)3)21(25)23-12-10-22(11-13-23)20(24)17-6-4-5-7-17/h8-9,14-15,17H,4-7,10-13H2,1-3H3. The van der Waals surface area contributed by atoms with Gasteiger partial charge in [-0.05, 0) is 57.4 Å². The Balaban J connectivity index is 1.58. The summed E-state index contributed by atoms with van der Waals surface area (Å²) in [6, 6.07) is 5.61. The van der Waals surface area contributed by atoms with Crippen LogP contribution < -0.4 is 4.74 Å². The van der Waals surface area contributed by atoms with Crippen molar-refractivity contribution in [3.05, 3.63) is 29.3 Å². The van der Waals surface area contributed by atoms with Crippen molar-refractivity contribution in [3.63, 3.8) is 0 Å². The Morgan fingerprint density at radius 1 is 1.04 bits per heavy atom. The van der Waals surface area contributed by atoms with Crippen LogP contribution in [0.3, 0.4) is 0 Å². The van der Waals surface area contributed by atoms with Crippen molar-refractivity contribution in [2.75, 3.05) is 26.2 Å². The van der Waals surface area contributed by atoms with Crippen LogP contribution in [0.5, 0.6) is 5.75 Å². The molecule has 1 aromatic carbocycles. The second-order valence-corrected chi connectivity index (χ2v) is 7.75. The van der Waals surface area contributed by atoms with Gasteiger partial charge in [0.05, 0.1) is 6.10 Å². The van der Waals surface area contributed by atoms with Gasteiger partial charge in [0, 0.05) is 37.7 Å². The Labute approximate surface area is 156 Å². The predicted molar refractivity (Wildman–Crippen MR) is 101 cm³/mol. The molecule has 1 saturated heterocycles. The summed E-state index contributed by atoms with van der Waals surface area (Å²) < 4.78 is 5.75. The second-order valence-electron chi connectivity index (χ2n) is 7.75. The molecule has 1 aliphatic heterocycles. The first-order valence-corrected chi connectivity index (χ1v) is 9.81. The fraction of sp³-hybridized carbons (Fsp3) is 0.619. The first-order chi connectivity index (χ1) is 12.5. The van der Waals surface area contributed by atoms with E-state index in [2.05, 4.69) is 0 Å². The highest BCUT2D eigenvalue weighted by Gasteiger charge is 2.30. The summed E-state index contributed by atoms with van der Waals surface area (Å²) in [5.74, 6) is 1.37. The highest BCUT2D eigenvalue weighted by Crippen LogP contribution is 2.27. The van der Waals surface area contributed by atoms with Gasteiger partial charge < -0.3 is 14.5 Å². The van der Waals surface area contributed by atoms with Gasteiger partial charge in [0.25, 0.3) is 5.91 Å². The molecule has 0 spiro atoms. The second kappa shape index (κ2) is 8.11. The minimum absolute atomic E-state index is 0.0390. The predicted octanol–water partition coefficient (Wildman–Crippen LogP) is 3.26. The van der Waals surface area contributed by atoms with E-state index in [4.69, 9.17) is 4.74 Å². The molecule has 0 N–H and O–H groups in total. The van der Waals surface area contributed by atoms with E-state index in [0.717, 1.165) is 24.2 Å². The van der Waals surface area contributed by atoms with Crippen molar-refractivity contribution in [1.29, 1.82) is 0 Å². The third kappa shape index (κ3) is 4.19. The van der Waals surface area contributed by atoms with Gasteiger partial charge in [-0.15, -0.1) is 0 Å². The van der Waals surface area contributed by atoms with Crippen LogP contribution in [0, 0.1) is 12.8 Å². The number of rotatable bonds is 4. The molecule has 0 unspecified atom stereocenters. The Morgan fingerprint density at radius 3 is 2.23 bits per heavy atom. The molecular weight excluding hydrogens is 328 g/mol. The molecular formula is C21H30N2O3. The number of hydrogen-bond acceptors (Lipinski definition) is 3. The quantitative estimate of drug-likeness (QED) is 0.830. The molecule has 0 radical (unpaired) electrons. The number of amides is 2. The van der Waals surface area contributed by atoms with Crippen molar-refractivity contribution < 1.29 is 14.3 Å². The van der Waals surface area contributed by atoms with Gasteiger partial charge in [0.2, 0.25) is 5.91 Å². The lowest BCUT2D eigenvalue weighted by Gasteiger charge is -2.36. The molecule has 142 valence electrons. The van der Waals surface area contributed by atoms with Gasteiger partial charge in [-0.2, -0.15) is 0 Å². The lowest BCUT2D eigenvalue weighted by Crippen LogP contribution is -2.51. The number of nitrogens with zero attached hydrogens (tertiary/aromatic N) is 2. The summed E-state index contributed by atoms with van der Waals surface area (Å²) in [7, 11) is 0. The average molecular weight is 358 g/mol. The molecule has 1 aromatic rings. The summed E-state index contributed by atoms with van der Waals surface area (Å²) in [6.45, 7) is 8.47. The molecule has 1 saturated carbocycles. The molecule has 2 amide bonds. The lowest BCUT2D eigenvalue weighted by atomic mass is 10.1. The van der Waals surface area contributed by atoms with E-state index in [1.807, 2.05) is 48.8 Å². The monoisotopic (exact) mass is 358 g/mol. The van der Waals surface area contributed by atoms with Crippen LogP contribution in [0.4, 0.5) is 0 Å². The maximum absolute atomic E-state index is 12.8. The normalized spacial score (nSPS) is 18.5. The van der Waals surface area contributed by atoms with Crippen LogP contribution in [0.2, 0.25) is 0 Å². The molecule has 2 aliphatic rings. The fourth-order valence-electron chi connectivity index (χ4n) is 3.91. The van der Waals surface area contributed by atoms with E-state index in [-0.39, 0.29) is 17.9 Å². The van der Waals surface area contributed by atoms with Crippen molar-refractivity contribution in [3.8, 4) is 5.75 Å². The third-order valence-electron chi connectivity index (χ3n) is 5.37. The van der Waals surface area contributed by atoms with Gasteiger partial charge in [-0.25, -0.2) is 0 Å². The molecule has 5 heteroatoms. The fourth-order valence-corrected chi connectivity index (χ4v) is 3.91. The van der Waals surface area contributed by atoms with Crippen molar-refractivity contribution in [2.24, 2.45) is 5.92 Å². The molecule has 0 bridgehead atoms. The highest BCUT2D eigenvalue weighted by molar-refractivity contribution is 5.94. The van der Waals surface area contributed by atoms with E-state index < -0.39 is 0 Å². The maximum atomic E-state index is 12.8. The minimum atomic E-state index is 0.0390. The summed E-state index contributed by atoms with van der Waals surface area (Å²) in [5, 5.41) is 0. The maximum Gasteiger partial charge on any atom is 0.253 e. The number of aryl methyl sites for hydroxylation is 1. The average Bonchev–Trinajstić information content (AvgIpc) is 3.16. The smallest absolute Gasteiger partial charge is 0.253 e. The molecule has 2 fully saturated rings. The zero-order valence-electron chi connectivity index (χ0n) is 16.2. The Kier molecular flexibility index (Phi) is 5.84. The topological polar surface area (TPSA) is 49.9 Å². The molecule has 0 aromatic heterocycles. The number of carbonyl (C=O) groups excluding carboxylic acids is 2. The van der Waals surface area contributed by atoms with Crippen LogP contribution in [0.1, 0.15) is 55.5 Å².